The number of rotatable bonds is 2. The quantitative estimate of drug-likeness (QED) is 0.866. The molecule has 0 saturated carbocycles. The molecule has 1 aliphatic rings. The molecule has 102 valence electrons. The molecule has 6 heteroatoms. The molecule has 1 fully saturated rings. The van der Waals surface area contributed by atoms with Gasteiger partial charge in [-0.3, -0.25) is 0 Å². The van der Waals surface area contributed by atoms with Gasteiger partial charge in [0.2, 0.25) is 5.28 Å². The molecular weight excluding hydrogens is 282 g/mol. The van der Waals surface area contributed by atoms with Crippen LogP contribution in [0.15, 0.2) is 11.4 Å². The molecule has 0 amide bonds. The van der Waals surface area contributed by atoms with Crippen LogP contribution in [0.5, 0.6) is 0 Å². The van der Waals surface area contributed by atoms with Crippen LogP contribution in [-0.4, -0.2) is 34.3 Å². The molecule has 1 aliphatic heterocycles. The van der Waals surface area contributed by atoms with Gasteiger partial charge in [0.1, 0.15) is 10.6 Å². The van der Waals surface area contributed by atoms with Gasteiger partial charge in [0.15, 0.2) is 0 Å². The Bertz CT molecular complexity index is 578. The van der Waals surface area contributed by atoms with Crippen LogP contribution in [0, 0.1) is 5.92 Å². The van der Waals surface area contributed by atoms with Gasteiger partial charge in [0, 0.05) is 13.1 Å². The normalized spacial score (nSPS) is 19.0. The first-order valence-corrected chi connectivity index (χ1v) is 7.74. The predicted molar refractivity (Wildman–Crippen MR) is 79.0 cm³/mol. The Hall–Kier alpha value is -0.910. The van der Waals surface area contributed by atoms with Crippen LogP contribution in [-0.2, 0) is 0 Å². The zero-order chi connectivity index (χ0) is 13.4. The number of nitrogens with zero attached hydrogens (tertiary/aromatic N) is 3. The van der Waals surface area contributed by atoms with Crippen molar-refractivity contribution in [2.24, 2.45) is 5.92 Å². The highest BCUT2D eigenvalue weighted by atomic mass is 35.5. The molecule has 2 aromatic heterocycles. The summed E-state index contributed by atoms with van der Waals surface area (Å²) in [5, 5.41) is 13.1. The summed E-state index contributed by atoms with van der Waals surface area (Å²) in [6, 6.07) is 2.05. The minimum Gasteiger partial charge on any atom is -0.393 e. The number of anilines is 1. The van der Waals surface area contributed by atoms with Crippen molar-refractivity contribution in [2.45, 2.75) is 25.9 Å². The standard InChI is InChI=1S/C13H16ClN3OS/c1-8(18)9-2-5-17(6-3-9)11-10-4-7-19-12(10)16-13(14)15-11/h4,7-9,18H,2-3,5-6H2,1H3. The molecule has 1 atom stereocenters. The van der Waals surface area contributed by atoms with Crippen molar-refractivity contribution in [3.05, 3.63) is 16.7 Å². The van der Waals surface area contributed by atoms with Gasteiger partial charge in [-0.1, -0.05) is 0 Å². The maximum absolute atomic E-state index is 9.65. The average Bonchev–Trinajstić information content (AvgIpc) is 2.85. The molecule has 0 bridgehead atoms. The second-order valence-corrected chi connectivity index (χ2v) is 6.25. The van der Waals surface area contributed by atoms with Crippen LogP contribution < -0.4 is 4.90 Å². The van der Waals surface area contributed by atoms with E-state index in [0.717, 1.165) is 42.0 Å². The van der Waals surface area contributed by atoms with E-state index in [9.17, 15) is 5.11 Å². The van der Waals surface area contributed by atoms with Gasteiger partial charge in [-0.15, -0.1) is 11.3 Å². The molecule has 0 aliphatic carbocycles. The lowest BCUT2D eigenvalue weighted by Crippen LogP contribution is -2.37. The van der Waals surface area contributed by atoms with Gasteiger partial charge in [0.05, 0.1) is 11.5 Å². The molecule has 19 heavy (non-hydrogen) atoms. The molecule has 1 N–H and O–H groups in total. The predicted octanol–water partition coefficient (Wildman–Crippen LogP) is 2.94. The van der Waals surface area contributed by atoms with Crippen molar-refractivity contribution in [3.63, 3.8) is 0 Å². The Kier molecular flexibility index (Phi) is 3.60. The Labute approximate surface area is 121 Å². The number of halogens is 1. The fourth-order valence-corrected chi connectivity index (χ4v) is 3.62. The number of thiophene rings is 1. The molecule has 0 radical (unpaired) electrons. The summed E-state index contributed by atoms with van der Waals surface area (Å²) >= 11 is 7.58. The van der Waals surface area contributed by atoms with Crippen LogP contribution in [0.4, 0.5) is 5.82 Å². The van der Waals surface area contributed by atoms with Crippen molar-refractivity contribution in [2.75, 3.05) is 18.0 Å². The fraction of sp³-hybridized carbons (Fsp3) is 0.538. The number of aliphatic hydroxyl groups excluding tert-OH is 1. The molecule has 0 aromatic carbocycles. The molecular formula is C13H16ClN3OS. The van der Waals surface area contributed by atoms with Crippen molar-refractivity contribution in [1.29, 1.82) is 0 Å². The summed E-state index contributed by atoms with van der Waals surface area (Å²) in [4.78, 5) is 11.8. The minimum absolute atomic E-state index is 0.225. The molecule has 4 nitrogen and oxygen atoms in total. The smallest absolute Gasteiger partial charge is 0.225 e. The Morgan fingerprint density at radius 1 is 1.42 bits per heavy atom. The number of hydrogen-bond acceptors (Lipinski definition) is 5. The van der Waals surface area contributed by atoms with Crippen molar-refractivity contribution in [1.82, 2.24) is 9.97 Å². The van der Waals surface area contributed by atoms with E-state index >= 15 is 0 Å². The summed E-state index contributed by atoms with van der Waals surface area (Å²) in [6.45, 7) is 3.70. The third-order valence-electron chi connectivity index (χ3n) is 3.80. The maximum atomic E-state index is 9.65. The lowest BCUT2D eigenvalue weighted by molar-refractivity contribution is 0.110. The number of aromatic nitrogens is 2. The van der Waals surface area contributed by atoms with Crippen LogP contribution in [0.2, 0.25) is 5.28 Å². The second-order valence-electron chi connectivity index (χ2n) is 5.02. The topological polar surface area (TPSA) is 49.2 Å². The van der Waals surface area contributed by atoms with Crippen LogP contribution >= 0.6 is 22.9 Å². The van der Waals surface area contributed by atoms with E-state index in [-0.39, 0.29) is 6.10 Å². The van der Waals surface area contributed by atoms with Gasteiger partial charge in [0.25, 0.3) is 0 Å². The first-order valence-electron chi connectivity index (χ1n) is 6.49. The third-order valence-corrected chi connectivity index (χ3v) is 4.77. The average molecular weight is 298 g/mol. The minimum atomic E-state index is -0.225. The lowest BCUT2D eigenvalue weighted by Gasteiger charge is -2.34. The van der Waals surface area contributed by atoms with E-state index in [2.05, 4.69) is 14.9 Å². The van der Waals surface area contributed by atoms with Gasteiger partial charge in [-0.25, -0.2) is 4.98 Å². The Balaban J connectivity index is 1.87. The van der Waals surface area contributed by atoms with Crippen LogP contribution in [0.3, 0.4) is 0 Å². The number of hydrogen-bond donors (Lipinski definition) is 1. The van der Waals surface area contributed by atoms with Gasteiger partial charge in [-0.2, -0.15) is 4.98 Å². The molecule has 1 unspecified atom stereocenters. The van der Waals surface area contributed by atoms with Crippen molar-refractivity contribution < 1.29 is 5.11 Å². The summed E-state index contributed by atoms with van der Waals surface area (Å²) in [5.41, 5.74) is 0. The lowest BCUT2D eigenvalue weighted by atomic mass is 9.92. The van der Waals surface area contributed by atoms with Crippen molar-refractivity contribution >= 4 is 39.0 Å². The van der Waals surface area contributed by atoms with E-state index < -0.39 is 0 Å². The highest BCUT2D eigenvalue weighted by Crippen LogP contribution is 2.32. The van der Waals surface area contributed by atoms with E-state index in [0.29, 0.717) is 11.2 Å². The molecule has 3 heterocycles. The molecule has 3 rings (SSSR count). The molecule has 0 spiro atoms. The van der Waals surface area contributed by atoms with Crippen LogP contribution in [0.25, 0.3) is 10.2 Å². The van der Waals surface area contributed by atoms with E-state index in [1.54, 1.807) is 11.3 Å². The summed E-state index contributed by atoms with van der Waals surface area (Å²) in [7, 11) is 0. The van der Waals surface area contributed by atoms with Gasteiger partial charge >= 0.3 is 0 Å². The third kappa shape index (κ3) is 2.55. The van der Waals surface area contributed by atoms with Gasteiger partial charge < -0.3 is 10.0 Å². The zero-order valence-electron chi connectivity index (χ0n) is 10.7. The molecule has 2 aromatic rings. The number of aliphatic hydroxyl groups is 1. The maximum Gasteiger partial charge on any atom is 0.225 e. The number of fused-ring (bicyclic) bond motifs is 1. The fourth-order valence-electron chi connectivity index (χ4n) is 2.65. The van der Waals surface area contributed by atoms with E-state index in [1.165, 1.54) is 0 Å². The van der Waals surface area contributed by atoms with E-state index in [1.807, 2.05) is 18.4 Å². The largest absolute Gasteiger partial charge is 0.393 e. The number of piperidine rings is 1. The second kappa shape index (κ2) is 5.23. The first-order chi connectivity index (χ1) is 9.15. The Morgan fingerprint density at radius 2 is 2.16 bits per heavy atom. The van der Waals surface area contributed by atoms with E-state index in [4.69, 9.17) is 11.6 Å². The summed E-state index contributed by atoms with van der Waals surface area (Å²) in [5.74, 6) is 1.33. The summed E-state index contributed by atoms with van der Waals surface area (Å²) in [6.07, 6.45) is 1.76. The summed E-state index contributed by atoms with van der Waals surface area (Å²) < 4.78 is 0. The monoisotopic (exact) mass is 297 g/mol. The highest BCUT2D eigenvalue weighted by molar-refractivity contribution is 7.16. The zero-order valence-corrected chi connectivity index (χ0v) is 12.3. The van der Waals surface area contributed by atoms with Gasteiger partial charge in [-0.05, 0) is 48.7 Å². The Morgan fingerprint density at radius 3 is 2.84 bits per heavy atom. The highest BCUT2D eigenvalue weighted by Gasteiger charge is 2.24. The first kappa shape index (κ1) is 13.1. The van der Waals surface area contributed by atoms with Crippen molar-refractivity contribution in [3.8, 4) is 0 Å². The SMILES string of the molecule is CC(O)C1CCN(c2nc(Cl)nc3sccc23)CC1. The van der Waals surface area contributed by atoms with Crippen LogP contribution in [0.1, 0.15) is 19.8 Å². The molecule has 1 saturated heterocycles.